The Morgan fingerprint density at radius 1 is 1.00 bits per heavy atom. The number of ether oxygens (including phenoxy) is 2. The van der Waals surface area contributed by atoms with E-state index in [4.69, 9.17) is 9.47 Å². The van der Waals surface area contributed by atoms with Gasteiger partial charge in [-0.05, 0) is 48.5 Å². The molecule has 2 N–H and O–H groups in total. The van der Waals surface area contributed by atoms with Gasteiger partial charge in [0.15, 0.2) is 11.5 Å². The third kappa shape index (κ3) is 5.21. The summed E-state index contributed by atoms with van der Waals surface area (Å²) in [6.07, 6.45) is 1.59. The molecule has 34 heavy (non-hydrogen) atoms. The number of hydrogen-bond acceptors (Lipinski definition) is 7. The summed E-state index contributed by atoms with van der Waals surface area (Å²) in [6, 6.07) is 20.2. The zero-order valence-corrected chi connectivity index (χ0v) is 19.2. The van der Waals surface area contributed by atoms with Gasteiger partial charge in [0.2, 0.25) is 5.13 Å². The van der Waals surface area contributed by atoms with E-state index in [2.05, 4.69) is 20.8 Å². The number of carbonyl (C=O) groups is 1. The fourth-order valence-corrected chi connectivity index (χ4v) is 4.02. The van der Waals surface area contributed by atoms with Crippen LogP contribution in [0.15, 0.2) is 77.9 Å². The van der Waals surface area contributed by atoms with Gasteiger partial charge in [-0.15, -0.1) is 0 Å². The number of hydrogen-bond donors (Lipinski definition) is 2. The molecule has 1 amide bonds. The number of benzene rings is 3. The number of anilines is 2. The Balaban J connectivity index is 1.61. The van der Waals surface area contributed by atoms with Gasteiger partial charge in [0.25, 0.3) is 5.91 Å². The molecule has 0 aliphatic heterocycles. The topological polar surface area (TPSA) is 84.8 Å². The van der Waals surface area contributed by atoms with Gasteiger partial charge in [-0.2, -0.15) is 5.10 Å². The maximum Gasteiger partial charge on any atom is 0.256 e. The molecule has 0 bridgehead atoms. The van der Waals surface area contributed by atoms with Crippen molar-refractivity contribution in [3.05, 3.63) is 89.7 Å². The minimum atomic E-state index is -0.357. The number of aromatic nitrogens is 1. The molecule has 1 heterocycles. The summed E-state index contributed by atoms with van der Waals surface area (Å²) in [5.74, 6) is 0.510. The highest BCUT2D eigenvalue weighted by Gasteiger charge is 2.17. The molecule has 1 aromatic heterocycles. The summed E-state index contributed by atoms with van der Waals surface area (Å²) < 4.78 is 24.2. The number of amides is 1. The van der Waals surface area contributed by atoms with E-state index in [0.29, 0.717) is 44.0 Å². The number of methoxy groups -OCH3 is 2. The van der Waals surface area contributed by atoms with Crippen molar-refractivity contribution in [2.75, 3.05) is 25.0 Å². The van der Waals surface area contributed by atoms with Crippen LogP contribution in [-0.2, 0) is 0 Å². The summed E-state index contributed by atoms with van der Waals surface area (Å²) in [5.41, 5.74) is 5.28. The summed E-state index contributed by atoms with van der Waals surface area (Å²) in [7, 11) is 3.12. The number of thiazole rings is 1. The smallest absolute Gasteiger partial charge is 0.256 e. The first-order valence-electron chi connectivity index (χ1n) is 10.2. The van der Waals surface area contributed by atoms with E-state index >= 15 is 0 Å². The molecule has 0 fully saturated rings. The highest BCUT2D eigenvalue weighted by atomic mass is 32.1. The van der Waals surface area contributed by atoms with Gasteiger partial charge >= 0.3 is 0 Å². The van der Waals surface area contributed by atoms with Gasteiger partial charge in [-0.25, -0.2) is 9.37 Å². The molecule has 0 unspecified atom stereocenters. The fraction of sp³-hybridized carbons (Fsp3) is 0.0800. The minimum absolute atomic E-state index is 0.274. The number of nitrogens with one attached hydrogen (secondary N) is 2. The Morgan fingerprint density at radius 3 is 2.47 bits per heavy atom. The lowest BCUT2D eigenvalue weighted by molar-refractivity contribution is 0.102. The molecule has 0 aliphatic rings. The fourth-order valence-electron chi connectivity index (χ4n) is 3.19. The van der Waals surface area contributed by atoms with Crippen LogP contribution in [0.4, 0.5) is 14.5 Å². The zero-order valence-electron chi connectivity index (χ0n) is 18.4. The molecule has 4 aromatic rings. The third-order valence-corrected chi connectivity index (χ3v) is 5.68. The van der Waals surface area contributed by atoms with E-state index in [9.17, 15) is 9.18 Å². The molecule has 0 saturated heterocycles. The normalized spacial score (nSPS) is 10.8. The molecule has 0 aliphatic carbocycles. The van der Waals surface area contributed by atoms with Gasteiger partial charge in [0.1, 0.15) is 16.5 Å². The van der Waals surface area contributed by atoms with Crippen LogP contribution in [0.3, 0.4) is 0 Å². The van der Waals surface area contributed by atoms with Gasteiger partial charge < -0.3 is 14.8 Å². The second kappa shape index (κ2) is 10.6. The van der Waals surface area contributed by atoms with Crippen LogP contribution in [0.5, 0.6) is 11.5 Å². The van der Waals surface area contributed by atoms with Crippen LogP contribution in [0.25, 0.3) is 11.3 Å². The Morgan fingerprint density at radius 2 is 1.76 bits per heavy atom. The van der Waals surface area contributed by atoms with Crippen molar-refractivity contribution in [3.8, 4) is 22.8 Å². The molecule has 0 radical (unpaired) electrons. The molecule has 7 nitrogen and oxygen atoms in total. The van der Waals surface area contributed by atoms with Crippen molar-refractivity contribution < 1.29 is 18.7 Å². The average Bonchev–Trinajstić information content (AvgIpc) is 3.27. The van der Waals surface area contributed by atoms with E-state index in [-0.39, 0.29) is 11.7 Å². The summed E-state index contributed by atoms with van der Waals surface area (Å²) >= 11 is 1.22. The number of carbonyl (C=O) groups excluding carboxylic acids is 1. The molecule has 0 saturated carbocycles. The quantitative estimate of drug-likeness (QED) is 0.253. The van der Waals surface area contributed by atoms with Crippen molar-refractivity contribution >= 4 is 33.6 Å². The summed E-state index contributed by atoms with van der Waals surface area (Å²) in [4.78, 5) is 17.3. The van der Waals surface area contributed by atoms with Gasteiger partial charge in [0, 0.05) is 16.7 Å². The maximum atomic E-state index is 13.4. The van der Waals surface area contributed by atoms with Crippen LogP contribution in [-0.4, -0.2) is 31.3 Å². The highest BCUT2D eigenvalue weighted by Crippen LogP contribution is 2.36. The van der Waals surface area contributed by atoms with E-state index in [1.807, 2.05) is 18.2 Å². The highest BCUT2D eigenvalue weighted by molar-refractivity contribution is 7.20. The number of nitrogens with zero attached hydrogens (tertiary/aromatic N) is 2. The Kier molecular flexibility index (Phi) is 7.14. The SMILES string of the molecule is COc1cccc(/C=N/Nc2nc(-c3ccc(F)cc3)c(NC(=O)c3ccccc3)s2)c1OC. The summed E-state index contributed by atoms with van der Waals surface area (Å²) in [5, 5.41) is 8.11. The number of para-hydroxylation sites is 1. The summed E-state index contributed by atoms with van der Waals surface area (Å²) in [6.45, 7) is 0. The van der Waals surface area contributed by atoms with Crippen LogP contribution in [0, 0.1) is 5.82 Å². The first-order valence-corrected chi connectivity index (χ1v) is 11.0. The largest absolute Gasteiger partial charge is 0.493 e. The molecule has 172 valence electrons. The van der Waals surface area contributed by atoms with E-state index in [0.717, 1.165) is 0 Å². The van der Waals surface area contributed by atoms with Crippen LogP contribution in [0.2, 0.25) is 0 Å². The predicted octanol–water partition coefficient (Wildman–Crippen LogP) is 5.66. The molecule has 0 atom stereocenters. The molecule has 4 rings (SSSR count). The van der Waals surface area contributed by atoms with Gasteiger partial charge in [-0.1, -0.05) is 35.6 Å². The van der Waals surface area contributed by atoms with E-state index in [1.54, 1.807) is 62.9 Å². The number of rotatable bonds is 8. The van der Waals surface area contributed by atoms with E-state index < -0.39 is 0 Å². The Labute approximate surface area is 199 Å². The van der Waals surface area contributed by atoms with Crippen molar-refractivity contribution in [2.45, 2.75) is 0 Å². The minimum Gasteiger partial charge on any atom is -0.493 e. The molecule has 3 aromatic carbocycles. The van der Waals surface area contributed by atoms with Crippen LogP contribution in [0.1, 0.15) is 15.9 Å². The first-order chi connectivity index (χ1) is 16.6. The van der Waals surface area contributed by atoms with Crippen LogP contribution < -0.4 is 20.2 Å². The molecular weight excluding hydrogens is 455 g/mol. The standard InChI is InChI=1S/C25H21FN4O3S/c1-32-20-10-6-9-18(22(20)33-2)15-27-30-25-28-21(16-11-13-19(26)14-12-16)24(34-25)29-23(31)17-7-4-3-5-8-17/h3-15H,1-2H3,(H,28,30)(H,29,31)/b27-15+. The number of halogens is 1. The van der Waals surface area contributed by atoms with Crippen LogP contribution >= 0.6 is 11.3 Å². The zero-order chi connectivity index (χ0) is 23.9. The maximum absolute atomic E-state index is 13.4. The Bertz CT molecular complexity index is 1310. The lowest BCUT2D eigenvalue weighted by Crippen LogP contribution is -2.11. The molecule has 0 spiro atoms. The van der Waals surface area contributed by atoms with Crippen molar-refractivity contribution in [2.24, 2.45) is 5.10 Å². The second-order valence-electron chi connectivity index (χ2n) is 6.98. The lowest BCUT2D eigenvalue weighted by Gasteiger charge is -2.09. The monoisotopic (exact) mass is 476 g/mol. The lowest BCUT2D eigenvalue weighted by atomic mass is 10.1. The van der Waals surface area contributed by atoms with Crippen molar-refractivity contribution in [1.29, 1.82) is 0 Å². The third-order valence-electron chi connectivity index (χ3n) is 4.81. The van der Waals surface area contributed by atoms with Gasteiger partial charge in [-0.3, -0.25) is 10.2 Å². The first kappa shape index (κ1) is 22.9. The second-order valence-corrected chi connectivity index (χ2v) is 7.98. The Hall–Kier alpha value is -4.24. The molecule has 9 heteroatoms. The van der Waals surface area contributed by atoms with E-state index in [1.165, 1.54) is 23.5 Å². The number of hydrazone groups is 1. The van der Waals surface area contributed by atoms with Crippen molar-refractivity contribution in [1.82, 2.24) is 4.98 Å². The average molecular weight is 477 g/mol. The predicted molar refractivity (Wildman–Crippen MR) is 133 cm³/mol. The molecular formula is C25H21FN4O3S. The van der Waals surface area contributed by atoms with Gasteiger partial charge in [0.05, 0.1) is 20.4 Å². The van der Waals surface area contributed by atoms with Crippen molar-refractivity contribution in [3.63, 3.8) is 0 Å².